The summed E-state index contributed by atoms with van der Waals surface area (Å²) in [7, 11) is 0. The molecule has 16 heavy (non-hydrogen) atoms. The predicted octanol–water partition coefficient (Wildman–Crippen LogP) is 3.70. The first-order valence-electron chi connectivity index (χ1n) is 6.18. The molecule has 0 aliphatic heterocycles. The molecule has 2 nitrogen and oxygen atoms in total. The summed E-state index contributed by atoms with van der Waals surface area (Å²) in [4.78, 5) is 0. The number of rotatable bonds is 7. The van der Waals surface area contributed by atoms with Crippen LogP contribution in [0.2, 0.25) is 0 Å². The fourth-order valence-corrected chi connectivity index (χ4v) is 1.71. The van der Waals surface area contributed by atoms with Crippen molar-refractivity contribution in [3.63, 3.8) is 0 Å². The Morgan fingerprint density at radius 3 is 2.38 bits per heavy atom. The van der Waals surface area contributed by atoms with Gasteiger partial charge in [0.1, 0.15) is 5.75 Å². The first-order valence-corrected chi connectivity index (χ1v) is 6.18. The molecule has 0 saturated heterocycles. The first kappa shape index (κ1) is 13.0. The van der Waals surface area contributed by atoms with Crippen LogP contribution in [0.1, 0.15) is 51.2 Å². The van der Waals surface area contributed by atoms with Crippen molar-refractivity contribution in [2.75, 3.05) is 6.61 Å². The predicted molar refractivity (Wildman–Crippen MR) is 66.7 cm³/mol. The van der Waals surface area contributed by atoms with Crippen molar-refractivity contribution in [3.8, 4) is 5.75 Å². The van der Waals surface area contributed by atoms with Gasteiger partial charge in [-0.15, -0.1) is 0 Å². The van der Waals surface area contributed by atoms with E-state index in [1.165, 1.54) is 12.8 Å². The largest absolute Gasteiger partial charge is 0.494 e. The number of aliphatic hydroxyl groups excluding tert-OH is 1. The monoisotopic (exact) mass is 222 g/mol. The summed E-state index contributed by atoms with van der Waals surface area (Å²) < 4.78 is 5.36. The van der Waals surface area contributed by atoms with Gasteiger partial charge in [0.15, 0.2) is 0 Å². The molecular weight excluding hydrogens is 200 g/mol. The van der Waals surface area contributed by atoms with E-state index in [2.05, 4.69) is 6.92 Å². The summed E-state index contributed by atoms with van der Waals surface area (Å²) in [5, 5.41) is 9.93. The van der Waals surface area contributed by atoms with Crippen LogP contribution >= 0.6 is 0 Å². The summed E-state index contributed by atoms with van der Waals surface area (Å²) in [6.07, 6.45) is 3.98. The van der Waals surface area contributed by atoms with E-state index < -0.39 is 0 Å². The van der Waals surface area contributed by atoms with E-state index in [4.69, 9.17) is 4.74 Å². The minimum Gasteiger partial charge on any atom is -0.494 e. The van der Waals surface area contributed by atoms with E-state index >= 15 is 0 Å². The highest BCUT2D eigenvalue weighted by atomic mass is 16.5. The Balaban J connectivity index is 2.46. The third kappa shape index (κ3) is 4.23. The molecule has 0 saturated carbocycles. The van der Waals surface area contributed by atoms with Gasteiger partial charge in [-0.3, -0.25) is 0 Å². The average molecular weight is 222 g/mol. The van der Waals surface area contributed by atoms with Gasteiger partial charge in [0.25, 0.3) is 0 Å². The van der Waals surface area contributed by atoms with Crippen LogP contribution in [0.3, 0.4) is 0 Å². The molecule has 0 spiro atoms. The SMILES string of the molecule is CCCCCC(O)c1ccc(OCC)cc1. The Morgan fingerprint density at radius 2 is 1.81 bits per heavy atom. The lowest BCUT2D eigenvalue weighted by Crippen LogP contribution is -1.98. The third-order valence-electron chi connectivity index (χ3n) is 2.66. The molecule has 90 valence electrons. The lowest BCUT2D eigenvalue weighted by atomic mass is 10.0. The lowest BCUT2D eigenvalue weighted by molar-refractivity contribution is 0.163. The molecule has 0 aliphatic carbocycles. The van der Waals surface area contributed by atoms with Crippen LogP contribution in [0.15, 0.2) is 24.3 Å². The third-order valence-corrected chi connectivity index (χ3v) is 2.66. The second-order valence-electron chi connectivity index (χ2n) is 4.01. The molecule has 0 bridgehead atoms. The number of hydrogen-bond acceptors (Lipinski definition) is 2. The lowest BCUT2D eigenvalue weighted by Gasteiger charge is -2.11. The highest BCUT2D eigenvalue weighted by Gasteiger charge is 2.06. The van der Waals surface area contributed by atoms with Gasteiger partial charge in [-0.05, 0) is 31.0 Å². The number of hydrogen-bond donors (Lipinski definition) is 1. The van der Waals surface area contributed by atoms with Crippen molar-refractivity contribution < 1.29 is 9.84 Å². The number of aliphatic hydroxyl groups is 1. The van der Waals surface area contributed by atoms with Crippen LogP contribution in [-0.2, 0) is 0 Å². The number of ether oxygens (including phenoxy) is 1. The molecule has 2 heteroatoms. The van der Waals surface area contributed by atoms with Crippen LogP contribution in [0, 0.1) is 0 Å². The van der Waals surface area contributed by atoms with E-state index in [0.29, 0.717) is 6.61 Å². The van der Waals surface area contributed by atoms with E-state index in [-0.39, 0.29) is 6.10 Å². The van der Waals surface area contributed by atoms with E-state index in [0.717, 1.165) is 24.2 Å². The Hall–Kier alpha value is -1.02. The Bertz CT molecular complexity index is 279. The Kier molecular flexibility index (Phi) is 5.94. The maximum absolute atomic E-state index is 9.93. The first-order chi connectivity index (χ1) is 7.77. The molecule has 0 fully saturated rings. The fraction of sp³-hybridized carbons (Fsp3) is 0.571. The number of unbranched alkanes of at least 4 members (excludes halogenated alkanes) is 2. The van der Waals surface area contributed by atoms with Crippen molar-refractivity contribution in [2.24, 2.45) is 0 Å². The molecular formula is C14H22O2. The van der Waals surface area contributed by atoms with Crippen LogP contribution < -0.4 is 4.74 Å². The summed E-state index contributed by atoms with van der Waals surface area (Å²) in [5.74, 6) is 0.868. The van der Waals surface area contributed by atoms with E-state index in [1.54, 1.807) is 0 Å². The molecule has 1 unspecified atom stereocenters. The standard InChI is InChI=1S/C14H22O2/c1-3-5-6-7-14(15)12-8-10-13(11-9-12)16-4-2/h8-11,14-15H,3-7H2,1-2H3. The average Bonchev–Trinajstić information content (AvgIpc) is 2.30. The fourth-order valence-electron chi connectivity index (χ4n) is 1.71. The topological polar surface area (TPSA) is 29.5 Å². The second-order valence-corrected chi connectivity index (χ2v) is 4.01. The zero-order chi connectivity index (χ0) is 11.8. The minimum atomic E-state index is -0.331. The van der Waals surface area contributed by atoms with Crippen molar-refractivity contribution in [3.05, 3.63) is 29.8 Å². The van der Waals surface area contributed by atoms with Gasteiger partial charge in [0.05, 0.1) is 12.7 Å². The molecule has 0 aliphatic rings. The van der Waals surface area contributed by atoms with Gasteiger partial charge in [0.2, 0.25) is 0 Å². The van der Waals surface area contributed by atoms with Crippen LogP contribution in [0.5, 0.6) is 5.75 Å². The van der Waals surface area contributed by atoms with E-state index in [9.17, 15) is 5.11 Å². The smallest absolute Gasteiger partial charge is 0.119 e. The van der Waals surface area contributed by atoms with Gasteiger partial charge in [-0.2, -0.15) is 0 Å². The van der Waals surface area contributed by atoms with E-state index in [1.807, 2.05) is 31.2 Å². The summed E-state index contributed by atoms with van der Waals surface area (Å²) in [6.45, 7) is 4.81. The zero-order valence-electron chi connectivity index (χ0n) is 10.3. The van der Waals surface area contributed by atoms with Gasteiger partial charge in [-0.25, -0.2) is 0 Å². The van der Waals surface area contributed by atoms with Crippen LogP contribution in [0.25, 0.3) is 0 Å². The van der Waals surface area contributed by atoms with Crippen molar-refractivity contribution >= 4 is 0 Å². The van der Waals surface area contributed by atoms with Crippen LogP contribution in [0.4, 0.5) is 0 Å². The van der Waals surface area contributed by atoms with Crippen molar-refractivity contribution in [1.82, 2.24) is 0 Å². The molecule has 1 atom stereocenters. The quantitative estimate of drug-likeness (QED) is 0.713. The van der Waals surface area contributed by atoms with Crippen LogP contribution in [-0.4, -0.2) is 11.7 Å². The Labute approximate surface area is 98.3 Å². The maximum atomic E-state index is 9.93. The van der Waals surface area contributed by atoms with Gasteiger partial charge >= 0.3 is 0 Å². The number of benzene rings is 1. The van der Waals surface area contributed by atoms with Gasteiger partial charge in [-0.1, -0.05) is 38.3 Å². The normalized spacial score (nSPS) is 12.4. The zero-order valence-corrected chi connectivity index (χ0v) is 10.3. The molecule has 0 aromatic heterocycles. The van der Waals surface area contributed by atoms with Crippen molar-refractivity contribution in [2.45, 2.75) is 45.6 Å². The minimum absolute atomic E-state index is 0.331. The van der Waals surface area contributed by atoms with Crippen molar-refractivity contribution in [1.29, 1.82) is 0 Å². The highest BCUT2D eigenvalue weighted by molar-refractivity contribution is 5.28. The Morgan fingerprint density at radius 1 is 1.12 bits per heavy atom. The highest BCUT2D eigenvalue weighted by Crippen LogP contribution is 2.22. The molecule has 1 rings (SSSR count). The van der Waals surface area contributed by atoms with Gasteiger partial charge < -0.3 is 9.84 Å². The van der Waals surface area contributed by atoms with Gasteiger partial charge in [0, 0.05) is 0 Å². The molecule has 1 N–H and O–H groups in total. The summed E-state index contributed by atoms with van der Waals surface area (Å²) in [5.41, 5.74) is 0.986. The molecule has 1 aromatic rings. The molecule has 0 heterocycles. The second kappa shape index (κ2) is 7.29. The summed E-state index contributed by atoms with van der Waals surface area (Å²) >= 11 is 0. The molecule has 1 aromatic carbocycles. The summed E-state index contributed by atoms with van der Waals surface area (Å²) in [6, 6.07) is 7.73. The molecule has 0 radical (unpaired) electrons. The maximum Gasteiger partial charge on any atom is 0.119 e. The molecule has 0 amide bonds.